The molecule has 3 aromatic rings. The molecule has 0 saturated carbocycles. The van der Waals surface area contributed by atoms with Crippen LogP contribution in [0.1, 0.15) is 37.1 Å². The van der Waals surface area contributed by atoms with Crippen molar-refractivity contribution < 1.29 is 13.2 Å². The van der Waals surface area contributed by atoms with Crippen LogP contribution in [0.15, 0.2) is 41.7 Å². The first kappa shape index (κ1) is 25.0. The number of sulfonamides is 1. The quantitative estimate of drug-likeness (QED) is 0.515. The van der Waals surface area contributed by atoms with Gasteiger partial charge in [0.25, 0.3) is 0 Å². The fourth-order valence-electron chi connectivity index (χ4n) is 5.51. The van der Waals surface area contributed by atoms with Gasteiger partial charge in [0.2, 0.25) is 10.0 Å². The molecule has 200 valence electrons. The number of hydrogen-bond acceptors (Lipinski definition) is 9. The largest absolute Gasteiger partial charge is 0.491 e. The third-order valence-corrected chi connectivity index (χ3v) is 9.62. The molecule has 4 N–H and O–H groups in total. The number of rotatable bonds is 4. The van der Waals surface area contributed by atoms with E-state index in [-0.39, 0.29) is 35.3 Å². The third-order valence-electron chi connectivity index (χ3n) is 7.75. The number of benzene rings is 1. The molecule has 0 radical (unpaired) electrons. The molecule has 0 unspecified atom stereocenters. The van der Waals surface area contributed by atoms with Crippen LogP contribution in [0.3, 0.4) is 0 Å². The van der Waals surface area contributed by atoms with E-state index in [9.17, 15) is 8.42 Å². The van der Waals surface area contributed by atoms with E-state index in [0.29, 0.717) is 25.3 Å². The molecule has 0 bridgehead atoms. The molecule has 1 fully saturated rings. The predicted octanol–water partition coefficient (Wildman–Crippen LogP) is 2.37. The van der Waals surface area contributed by atoms with Gasteiger partial charge in [0.15, 0.2) is 0 Å². The van der Waals surface area contributed by atoms with Crippen molar-refractivity contribution in [1.29, 1.82) is 0 Å². The van der Waals surface area contributed by atoms with Crippen LogP contribution in [-0.4, -0.2) is 60.0 Å². The molecule has 11 heteroatoms. The Hall–Kier alpha value is -3.28. The summed E-state index contributed by atoms with van der Waals surface area (Å²) in [5.41, 5.74) is 16.9. The molecule has 6 rings (SSSR count). The van der Waals surface area contributed by atoms with Gasteiger partial charge in [-0.25, -0.2) is 23.4 Å². The Morgan fingerprint density at radius 1 is 1.11 bits per heavy atom. The minimum atomic E-state index is -3.76. The lowest BCUT2D eigenvalue weighted by molar-refractivity contribution is 0.265. The summed E-state index contributed by atoms with van der Waals surface area (Å²) in [6.45, 7) is 7.02. The Kier molecular flexibility index (Phi) is 6.04. The smallest absolute Gasteiger partial charge is 0.246 e. The Balaban J connectivity index is 1.33. The van der Waals surface area contributed by atoms with Crippen molar-refractivity contribution in [3.63, 3.8) is 0 Å². The minimum absolute atomic E-state index is 0.00458. The molecule has 3 aliphatic rings. The zero-order valence-corrected chi connectivity index (χ0v) is 22.5. The van der Waals surface area contributed by atoms with E-state index in [1.807, 2.05) is 18.2 Å². The first-order chi connectivity index (χ1) is 18.1. The second-order valence-electron chi connectivity index (χ2n) is 11.2. The summed E-state index contributed by atoms with van der Waals surface area (Å²) in [5.74, 6) is 1.76. The summed E-state index contributed by atoms with van der Waals surface area (Å²) in [5, 5.41) is 0. The van der Waals surface area contributed by atoms with Crippen LogP contribution >= 0.6 is 0 Å². The number of anilines is 2. The van der Waals surface area contributed by atoms with E-state index in [1.165, 1.54) is 9.87 Å². The lowest BCUT2D eigenvalue weighted by Gasteiger charge is -2.35. The average molecular weight is 536 g/mol. The second-order valence-corrected chi connectivity index (χ2v) is 13.2. The molecule has 2 aromatic heterocycles. The van der Waals surface area contributed by atoms with E-state index in [1.54, 1.807) is 18.6 Å². The van der Waals surface area contributed by atoms with Crippen LogP contribution in [-0.2, 0) is 29.4 Å². The van der Waals surface area contributed by atoms with Gasteiger partial charge in [-0.2, -0.15) is 4.31 Å². The van der Waals surface area contributed by atoms with E-state index >= 15 is 0 Å². The van der Waals surface area contributed by atoms with Crippen LogP contribution in [0.4, 0.5) is 11.6 Å². The Labute approximate surface area is 223 Å². The fraction of sp³-hybridized carbons (Fsp3) is 0.444. The first-order valence-electron chi connectivity index (χ1n) is 13.0. The lowest BCUT2D eigenvalue weighted by atomic mass is 9.76. The van der Waals surface area contributed by atoms with Crippen LogP contribution in [0.5, 0.6) is 5.75 Å². The molecule has 1 saturated heterocycles. The lowest BCUT2D eigenvalue weighted by Crippen LogP contribution is -2.57. The van der Waals surface area contributed by atoms with Gasteiger partial charge in [0, 0.05) is 54.3 Å². The third kappa shape index (κ3) is 4.48. The summed E-state index contributed by atoms with van der Waals surface area (Å²) >= 11 is 0. The van der Waals surface area contributed by atoms with Gasteiger partial charge >= 0.3 is 0 Å². The highest BCUT2D eigenvalue weighted by Crippen LogP contribution is 2.39. The Bertz CT molecular complexity index is 1500. The summed E-state index contributed by atoms with van der Waals surface area (Å²) in [6.07, 6.45) is 6.29. The van der Waals surface area contributed by atoms with Gasteiger partial charge in [-0.3, -0.25) is 0 Å². The molecule has 4 heterocycles. The molecule has 10 nitrogen and oxygen atoms in total. The van der Waals surface area contributed by atoms with Crippen molar-refractivity contribution >= 4 is 21.7 Å². The van der Waals surface area contributed by atoms with Crippen LogP contribution in [0, 0.1) is 5.41 Å². The number of fused-ring (bicyclic) bond motifs is 2. The highest BCUT2D eigenvalue weighted by atomic mass is 32.2. The molecule has 1 aliphatic carbocycles. The number of nitrogens with two attached hydrogens (primary N) is 2. The molecule has 2 aliphatic heterocycles. The van der Waals surface area contributed by atoms with Crippen molar-refractivity contribution in [2.75, 3.05) is 36.9 Å². The topological polar surface area (TPSA) is 141 Å². The highest BCUT2D eigenvalue weighted by Gasteiger charge is 2.36. The number of aryl methyl sites for hydroxylation is 1. The standard InChI is InChI=1S/C27H33N7O3S/c1-27(2)6-5-22-21(11-27)26(32-16-31-22)33-7-8-37-23-4-3-17(9-19(23)13-33)18-10-24(25(29)30-12-18)38(35,36)34-14-20(28)15-34/h3-4,9-10,12,16,20H,5-8,11,13-15,28H2,1-2H3,(H2,29,30). The average Bonchev–Trinajstić information content (AvgIpc) is 3.08. The zero-order chi connectivity index (χ0) is 26.7. The van der Waals surface area contributed by atoms with Gasteiger partial charge in [0.05, 0.1) is 6.54 Å². The van der Waals surface area contributed by atoms with Gasteiger partial charge in [-0.1, -0.05) is 19.9 Å². The number of hydrogen-bond donors (Lipinski definition) is 2. The van der Waals surface area contributed by atoms with Crippen molar-refractivity contribution in [2.24, 2.45) is 11.1 Å². The summed E-state index contributed by atoms with van der Waals surface area (Å²) in [6, 6.07) is 7.34. The summed E-state index contributed by atoms with van der Waals surface area (Å²) in [4.78, 5) is 15.8. The molecule has 0 amide bonds. The highest BCUT2D eigenvalue weighted by molar-refractivity contribution is 7.89. The molecule has 38 heavy (non-hydrogen) atoms. The number of ether oxygens (including phenoxy) is 1. The maximum atomic E-state index is 13.1. The minimum Gasteiger partial charge on any atom is -0.491 e. The molecular formula is C27H33N7O3S. The SMILES string of the molecule is CC1(C)CCc2ncnc(N3CCOc4ccc(-c5cnc(N)c(S(=O)(=O)N6CC(N)C6)c5)cc4C3)c2C1. The van der Waals surface area contributed by atoms with E-state index in [2.05, 4.69) is 28.7 Å². The number of nitrogens with zero attached hydrogens (tertiary/aromatic N) is 5. The summed E-state index contributed by atoms with van der Waals surface area (Å²) < 4.78 is 33.7. The fourth-order valence-corrected chi connectivity index (χ4v) is 7.16. The van der Waals surface area contributed by atoms with Gasteiger partial charge in [-0.05, 0) is 48.4 Å². The van der Waals surface area contributed by atoms with E-state index in [4.69, 9.17) is 21.2 Å². The van der Waals surface area contributed by atoms with Gasteiger partial charge in [0.1, 0.15) is 35.2 Å². The Morgan fingerprint density at radius 3 is 2.71 bits per heavy atom. The van der Waals surface area contributed by atoms with Crippen molar-refractivity contribution in [3.05, 3.63) is 53.6 Å². The van der Waals surface area contributed by atoms with Crippen molar-refractivity contribution in [3.8, 4) is 16.9 Å². The van der Waals surface area contributed by atoms with Crippen LogP contribution < -0.4 is 21.1 Å². The first-order valence-corrected chi connectivity index (χ1v) is 14.4. The van der Waals surface area contributed by atoms with E-state index in [0.717, 1.165) is 47.7 Å². The van der Waals surface area contributed by atoms with Crippen LogP contribution in [0.25, 0.3) is 11.1 Å². The molecule has 1 aromatic carbocycles. The van der Waals surface area contributed by atoms with Gasteiger partial charge < -0.3 is 21.1 Å². The van der Waals surface area contributed by atoms with Gasteiger partial charge in [-0.15, -0.1) is 0 Å². The second kappa shape index (κ2) is 9.18. The number of nitrogen functional groups attached to an aromatic ring is 1. The molecule has 0 spiro atoms. The number of aromatic nitrogens is 3. The maximum absolute atomic E-state index is 13.1. The number of pyridine rings is 1. The molecule has 0 atom stereocenters. The zero-order valence-electron chi connectivity index (χ0n) is 21.7. The predicted molar refractivity (Wildman–Crippen MR) is 145 cm³/mol. The monoisotopic (exact) mass is 535 g/mol. The Morgan fingerprint density at radius 2 is 1.92 bits per heavy atom. The van der Waals surface area contributed by atoms with Crippen LogP contribution in [0.2, 0.25) is 0 Å². The van der Waals surface area contributed by atoms with E-state index < -0.39 is 10.0 Å². The molecular weight excluding hydrogens is 502 g/mol. The summed E-state index contributed by atoms with van der Waals surface area (Å²) in [7, 11) is -3.76. The van der Waals surface area contributed by atoms with Crippen molar-refractivity contribution in [2.45, 2.75) is 50.6 Å². The van der Waals surface area contributed by atoms with Crippen molar-refractivity contribution in [1.82, 2.24) is 19.3 Å². The normalized spacial score (nSPS) is 19.6. The maximum Gasteiger partial charge on any atom is 0.246 e.